The normalized spacial score (nSPS) is 12.2. The molecular weight excluding hydrogens is 1030 g/mol. The molecule has 22 nitrogen and oxygen atoms in total. The van der Waals surface area contributed by atoms with Crippen LogP contribution < -0.4 is 29.7 Å². The predicted octanol–water partition coefficient (Wildman–Crippen LogP) is 4.72. The smallest absolute Gasteiger partial charge is 0.340 e. The number of carbonyl (C=O) groups is 2. The third-order valence-corrected chi connectivity index (χ3v) is 13.8. The van der Waals surface area contributed by atoms with Crippen LogP contribution in [0.3, 0.4) is 0 Å². The van der Waals surface area contributed by atoms with Crippen molar-refractivity contribution in [1.82, 2.24) is 50.6 Å². The number of ether oxygens (including phenoxy) is 2. The van der Waals surface area contributed by atoms with Crippen molar-refractivity contribution < 1.29 is 54.5 Å². The topological polar surface area (TPSA) is 270 Å². The van der Waals surface area contributed by atoms with Crippen LogP contribution >= 0.6 is 22.7 Å². The molecule has 0 aliphatic carbocycles. The Hall–Kier alpha value is -8.08. The Morgan fingerprint density at radius 3 is 1.34 bits per heavy atom. The van der Waals surface area contributed by atoms with Gasteiger partial charge in [-0.3, -0.25) is 18.0 Å². The van der Waals surface area contributed by atoms with Gasteiger partial charge in [-0.1, -0.05) is 46.9 Å². The highest BCUT2D eigenvalue weighted by molar-refractivity contribution is 7.74. The highest BCUT2D eigenvalue weighted by Crippen LogP contribution is 2.33. The van der Waals surface area contributed by atoms with Gasteiger partial charge in [-0.25, -0.2) is 18.4 Å². The van der Waals surface area contributed by atoms with Crippen molar-refractivity contribution >= 4 is 77.6 Å². The molecule has 374 valence electrons. The Morgan fingerprint density at radius 2 is 0.959 bits per heavy atom. The van der Waals surface area contributed by atoms with Crippen LogP contribution in [0.2, 0.25) is 0 Å². The van der Waals surface area contributed by atoms with Crippen LogP contribution in [-0.2, 0) is 31.1 Å². The standard InChI is InChI=1S/C48H38N12O10S4/c1-67-39-27-33(19-21-37(39)57-53-43(55-59(57)47-51-35-7-3-5-9-41(35)71-47)29-11-15-31(16-12-29)45(61)49-23-25-69-73(63)64)34-20-22-38(40(28-34)68-2)58-54-44(56-60(58)48-52-36-8-4-6-10-42(36)72-48)30-13-17-32(18-14-30)46(62)50-24-26-70-74(65)66/h3-22,27-28H,23-26H2,1-2H3,(H2-2,49,50,61,62,63,64,65,66). The van der Waals surface area contributed by atoms with Crippen molar-refractivity contribution in [1.29, 1.82) is 0 Å². The van der Waals surface area contributed by atoms with Gasteiger partial charge < -0.3 is 29.2 Å². The molecule has 0 aliphatic rings. The zero-order valence-electron chi connectivity index (χ0n) is 38.7. The van der Waals surface area contributed by atoms with E-state index in [2.05, 4.69) is 19.0 Å². The number of nitrogens with one attached hydrogen (secondary N) is 2. The van der Waals surface area contributed by atoms with Crippen molar-refractivity contribution in [3.05, 3.63) is 145 Å². The molecule has 2 atom stereocenters. The number of benzene rings is 6. The minimum absolute atomic E-state index is 0.000552. The predicted molar refractivity (Wildman–Crippen MR) is 270 cm³/mol. The first-order valence-corrected chi connectivity index (χ1v) is 25.8. The van der Waals surface area contributed by atoms with E-state index in [1.807, 2.05) is 84.9 Å². The number of fused-ring (bicyclic) bond motifs is 2. The maximum absolute atomic E-state index is 12.8. The van der Waals surface area contributed by atoms with Crippen molar-refractivity contribution in [2.75, 3.05) is 40.5 Å². The molecule has 0 bridgehead atoms. The molecule has 4 aromatic heterocycles. The lowest BCUT2D eigenvalue weighted by molar-refractivity contribution is -0.734. The molecule has 2 N–H and O–H groups in total. The third-order valence-electron chi connectivity index (χ3n) is 11.1. The van der Waals surface area contributed by atoms with E-state index in [9.17, 15) is 27.1 Å². The molecule has 0 fully saturated rings. The van der Waals surface area contributed by atoms with Gasteiger partial charge in [-0.15, -0.1) is 0 Å². The molecule has 2 unspecified atom stereocenters. The van der Waals surface area contributed by atoms with Crippen LogP contribution in [0.1, 0.15) is 20.7 Å². The van der Waals surface area contributed by atoms with E-state index in [-0.39, 0.29) is 26.3 Å². The van der Waals surface area contributed by atoms with Crippen molar-refractivity contribution in [2.45, 2.75) is 0 Å². The van der Waals surface area contributed by atoms with Gasteiger partial charge >= 0.3 is 11.6 Å². The first-order chi connectivity index (χ1) is 36.0. The maximum atomic E-state index is 12.8. The molecule has 2 amide bonds. The number of hydrogen-bond donors (Lipinski definition) is 2. The van der Waals surface area contributed by atoms with Crippen LogP contribution in [0.25, 0.3) is 76.0 Å². The van der Waals surface area contributed by atoms with Crippen molar-refractivity contribution in [3.8, 4) is 67.0 Å². The fourth-order valence-corrected chi connectivity index (χ4v) is 9.84. The summed E-state index contributed by atoms with van der Waals surface area (Å²) in [6.07, 6.45) is 0. The third kappa shape index (κ3) is 10.7. The average molecular weight is 1070 g/mol. The number of nitrogens with zero attached hydrogens (tertiary/aromatic N) is 10. The Kier molecular flexibility index (Phi) is 14.7. The minimum atomic E-state index is -2.68. The molecule has 0 saturated carbocycles. The second-order valence-corrected chi connectivity index (χ2v) is 18.9. The van der Waals surface area contributed by atoms with E-state index >= 15 is 0 Å². The van der Waals surface area contributed by atoms with Crippen LogP contribution in [-0.4, -0.2) is 110 Å². The largest absolute Gasteiger partial charge is 0.750 e. The van der Waals surface area contributed by atoms with Gasteiger partial charge in [0, 0.05) is 33.8 Å². The SMILES string of the molecule is COc1cc(-c2ccc(-[n+]3nc(-c4ccc(C(=O)NCCOS(=O)[O-])cc4)nn3-c3nc4ccccc4s3)c(OC)c2)ccc1-[n+]1nc(-c2ccc(C(=O)NCCOS(=O)[O-])cc2)nn1-c1nc2ccccc2s1. The van der Waals surface area contributed by atoms with Gasteiger partial charge in [-0.2, -0.15) is 0 Å². The number of aromatic nitrogens is 10. The zero-order chi connectivity index (χ0) is 51.3. The molecule has 0 saturated heterocycles. The summed E-state index contributed by atoms with van der Waals surface area (Å²) >= 11 is -2.49. The molecule has 0 spiro atoms. The molecule has 0 aliphatic heterocycles. The summed E-state index contributed by atoms with van der Waals surface area (Å²) < 4.78 is 65.6. The van der Waals surface area contributed by atoms with E-state index in [1.54, 1.807) is 81.9 Å². The summed E-state index contributed by atoms with van der Waals surface area (Å²) in [5, 5.41) is 26.0. The van der Waals surface area contributed by atoms with Gasteiger partial charge in [0.2, 0.25) is 11.4 Å². The summed E-state index contributed by atoms with van der Waals surface area (Å²) in [6, 6.07) is 40.1. The Bertz CT molecular complexity index is 3440. The van der Waals surface area contributed by atoms with Gasteiger partial charge in [0.15, 0.2) is 11.5 Å². The van der Waals surface area contributed by atoms with Gasteiger partial charge in [0.05, 0.1) is 91.9 Å². The van der Waals surface area contributed by atoms with Gasteiger partial charge in [0.1, 0.15) is 0 Å². The number of para-hydroxylation sites is 2. The summed E-state index contributed by atoms with van der Waals surface area (Å²) in [6.45, 7) is -0.393. The van der Waals surface area contributed by atoms with Crippen LogP contribution in [0.4, 0.5) is 0 Å². The average Bonchev–Trinajstić information content (AvgIpc) is 4.26. The monoisotopic (exact) mass is 1070 g/mol. The van der Waals surface area contributed by atoms with Crippen LogP contribution in [0, 0.1) is 0 Å². The summed E-state index contributed by atoms with van der Waals surface area (Å²) in [5.41, 5.74) is 6.09. The number of methoxy groups -OCH3 is 2. The second kappa shape index (κ2) is 22.0. The van der Waals surface area contributed by atoms with Crippen molar-refractivity contribution in [2.24, 2.45) is 0 Å². The quantitative estimate of drug-likeness (QED) is 0.0630. The zero-order valence-corrected chi connectivity index (χ0v) is 42.0. The fraction of sp³-hybridized carbons (Fsp3) is 0.125. The first kappa shape index (κ1) is 49.5. The van der Waals surface area contributed by atoms with Crippen LogP contribution in [0.5, 0.6) is 11.5 Å². The number of carbonyl (C=O) groups excluding carboxylic acids is 2. The van der Waals surface area contributed by atoms with E-state index in [4.69, 9.17) is 39.8 Å². The van der Waals surface area contributed by atoms with Gasteiger partial charge in [-0.05, 0) is 140 Å². The lowest BCUT2D eigenvalue weighted by Crippen LogP contribution is -2.43. The second-order valence-electron chi connectivity index (χ2n) is 15.6. The number of tetrazole rings is 2. The summed E-state index contributed by atoms with van der Waals surface area (Å²) in [4.78, 5) is 41.6. The summed E-state index contributed by atoms with van der Waals surface area (Å²) in [7, 11) is 3.13. The Balaban J connectivity index is 0.977. The lowest BCUT2D eigenvalue weighted by atomic mass is 10.0. The highest BCUT2D eigenvalue weighted by Gasteiger charge is 2.31. The Labute approximate surface area is 432 Å². The number of thiazole rings is 2. The molecule has 4 heterocycles. The van der Waals surface area contributed by atoms with E-state index in [0.29, 0.717) is 67.0 Å². The minimum Gasteiger partial charge on any atom is -0.750 e. The molecular formula is C48H38N12O10S4. The van der Waals surface area contributed by atoms with E-state index in [1.165, 1.54) is 22.7 Å². The molecule has 0 radical (unpaired) electrons. The fourth-order valence-electron chi connectivity index (χ4n) is 7.59. The number of amides is 2. The number of rotatable bonds is 19. The van der Waals surface area contributed by atoms with E-state index < -0.39 is 34.5 Å². The van der Waals surface area contributed by atoms with E-state index in [0.717, 1.165) is 31.6 Å². The van der Waals surface area contributed by atoms with Crippen molar-refractivity contribution in [3.63, 3.8) is 0 Å². The molecule has 10 aromatic rings. The molecule has 74 heavy (non-hydrogen) atoms. The number of hydrogen-bond acceptors (Lipinski definition) is 18. The maximum Gasteiger partial charge on any atom is 0.340 e. The first-order valence-electron chi connectivity index (χ1n) is 22.1. The molecule has 6 aromatic carbocycles. The Morgan fingerprint density at radius 1 is 0.568 bits per heavy atom. The van der Waals surface area contributed by atoms with Gasteiger partial charge in [0.25, 0.3) is 22.1 Å². The van der Waals surface area contributed by atoms with Crippen LogP contribution in [0.15, 0.2) is 133 Å². The molecule has 10 rings (SSSR count). The summed E-state index contributed by atoms with van der Waals surface area (Å²) in [5.74, 6) is 0.747. The highest BCUT2D eigenvalue weighted by atomic mass is 32.2. The molecule has 26 heteroatoms. The lowest BCUT2D eigenvalue weighted by Gasteiger charge is -2.10.